The fourth-order valence-electron chi connectivity index (χ4n) is 1.87. The van der Waals surface area contributed by atoms with E-state index in [2.05, 4.69) is 4.72 Å². The number of hydrogen-bond acceptors (Lipinski definition) is 4. The van der Waals surface area contributed by atoms with Gasteiger partial charge >= 0.3 is 0 Å². The highest BCUT2D eigenvalue weighted by Gasteiger charge is 2.13. The highest BCUT2D eigenvalue weighted by Crippen LogP contribution is 2.27. The number of para-hydroxylation sites is 1. The Labute approximate surface area is 129 Å². The molecular weight excluding hydrogens is 304 g/mol. The number of thioether (sulfide) groups is 1. The molecule has 0 aliphatic carbocycles. The van der Waals surface area contributed by atoms with Crippen molar-refractivity contribution in [3.8, 4) is 0 Å². The van der Waals surface area contributed by atoms with Crippen LogP contribution in [0.2, 0.25) is 0 Å². The van der Waals surface area contributed by atoms with Gasteiger partial charge in [-0.15, -0.1) is 11.8 Å². The van der Waals surface area contributed by atoms with Gasteiger partial charge in [0.15, 0.2) is 0 Å². The number of rotatable bonds is 6. The van der Waals surface area contributed by atoms with Gasteiger partial charge in [-0.05, 0) is 35.6 Å². The van der Waals surface area contributed by atoms with Gasteiger partial charge in [0.1, 0.15) is 0 Å². The summed E-state index contributed by atoms with van der Waals surface area (Å²) in [5.74, 6) is 0.815. The van der Waals surface area contributed by atoms with Gasteiger partial charge in [0.2, 0.25) is 10.0 Å². The van der Waals surface area contributed by atoms with E-state index in [4.69, 9.17) is 5.73 Å². The van der Waals surface area contributed by atoms with Crippen LogP contribution in [0.1, 0.15) is 12.5 Å². The molecule has 0 aliphatic rings. The highest BCUT2D eigenvalue weighted by atomic mass is 32.2. The van der Waals surface area contributed by atoms with Crippen molar-refractivity contribution >= 4 is 33.2 Å². The average Bonchev–Trinajstić information content (AvgIpc) is 2.43. The van der Waals surface area contributed by atoms with E-state index < -0.39 is 10.0 Å². The summed E-state index contributed by atoms with van der Waals surface area (Å²) < 4.78 is 27.2. The van der Waals surface area contributed by atoms with Crippen molar-refractivity contribution in [2.75, 3.05) is 16.2 Å². The van der Waals surface area contributed by atoms with Crippen molar-refractivity contribution in [2.24, 2.45) is 0 Å². The lowest BCUT2D eigenvalue weighted by Crippen LogP contribution is -2.15. The van der Waals surface area contributed by atoms with Crippen LogP contribution in [0.3, 0.4) is 0 Å². The van der Waals surface area contributed by atoms with E-state index in [1.807, 2.05) is 25.1 Å². The lowest BCUT2D eigenvalue weighted by Gasteiger charge is -2.12. The predicted octanol–water partition coefficient (Wildman–Crippen LogP) is 3.32. The molecule has 3 N–H and O–H groups in total. The summed E-state index contributed by atoms with van der Waals surface area (Å²) in [7, 11) is -3.45. The number of hydrogen-bond donors (Lipinski definition) is 2. The first kappa shape index (κ1) is 15.7. The van der Waals surface area contributed by atoms with Gasteiger partial charge in [0, 0.05) is 10.6 Å². The molecule has 0 unspecified atom stereocenters. The Morgan fingerprint density at radius 3 is 2.43 bits per heavy atom. The maximum atomic E-state index is 12.3. The molecule has 6 heteroatoms. The number of sulfonamides is 1. The van der Waals surface area contributed by atoms with Crippen LogP contribution in [0.15, 0.2) is 53.4 Å². The van der Waals surface area contributed by atoms with Gasteiger partial charge in [-0.1, -0.05) is 31.2 Å². The molecule has 0 bridgehead atoms. The Morgan fingerprint density at radius 2 is 1.76 bits per heavy atom. The minimum absolute atomic E-state index is 0.0710. The van der Waals surface area contributed by atoms with E-state index in [1.54, 1.807) is 42.1 Å². The monoisotopic (exact) mass is 322 g/mol. The molecule has 0 radical (unpaired) electrons. The van der Waals surface area contributed by atoms with Crippen molar-refractivity contribution in [3.05, 3.63) is 54.1 Å². The van der Waals surface area contributed by atoms with Crippen LogP contribution in [0.25, 0.3) is 0 Å². The molecule has 0 heterocycles. The van der Waals surface area contributed by atoms with Gasteiger partial charge in [-0.25, -0.2) is 8.42 Å². The highest BCUT2D eigenvalue weighted by molar-refractivity contribution is 7.99. The van der Waals surface area contributed by atoms with E-state index in [0.717, 1.165) is 10.6 Å². The van der Waals surface area contributed by atoms with E-state index in [9.17, 15) is 8.42 Å². The van der Waals surface area contributed by atoms with Crippen LogP contribution in [-0.2, 0) is 15.8 Å². The summed E-state index contributed by atoms with van der Waals surface area (Å²) in [5, 5.41) is 0. The van der Waals surface area contributed by atoms with Crippen LogP contribution >= 0.6 is 11.8 Å². The van der Waals surface area contributed by atoms with E-state index in [1.165, 1.54) is 0 Å². The standard InChI is InChI=1S/C15H18N2O2S2/c1-2-20-15-6-4-3-5-14(15)17-21(18,19)11-12-7-9-13(16)10-8-12/h3-10,17H,2,11,16H2,1H3. The number of nitrogens with two attached hydrogens (primary N) is 1. The fraction of sp³-hybridized carbons (Fsp3) is 0.200. The largest absolute Gasteiger partial charge is 0.399 e. The number of benzene rings is 2. The minimum Gasteiger partial charge on any atom is -0.399 e. The topological polar surface area (TPSA) is 72.2 Å². The van der Waals surface area contributed by atoms with Crippen molar-refractivity contribution in [1.82, 2.24) is 0 Å². The molecule has 0 amide bonds. The van der Waals surface area contributed by atoms with Gasteiger partial charge in [0.25, 0.3) is 0 Å². The molecule has 112 valence electrons. The maximum absolute atomic E-state index is 12.3. The quantitative estimate of drug-likeness (QED) is 0.632. The maximum Gasteiger partial charge on any atom is 0.236 e. The molecule has 0 fully saturated rings. The first-order valence-electron chi connectivity index (χ1n) is 6.57. The first-order valence-corrected chi connectivity index (χ1v) is 9.20. The van der Waals surface area contributed by atoms with E-state index >= 15 is 0 Å². The summed E-state index contributed by atoms with van der Waals surface area (Å²) in [6.45, 7) is 2.03. The third-order valence-electron chi connectivity index (χ3n) is 2.79. The molecule has 4 nitrogen and oxygen atoms in total. The molecule has 0 aliphatic heterocycles. The zero-order chi connectivity index (χ0) is 15.3. The van der Waals surface area contributed by atoms with Crippen molar-refractivity contribution < 1.29 is 8.42 Å². The molecule has 0 saturated carbocycles. The summed E-state index contributed by atoms with van der Waals surface area (Å²) in [5.41, 5.74) is 7.55. The lowest BCUT2D eigenvalue weighted by atomic mass is 10.2. The van der Waals surface area contributed by atoms with Gasteiger partial charge in [-0.3, -0.25) is 4.72 Å². The van der Waals surface area contributed by atoms with Crippen molar-refractivity contribution in [1.29, 1.82) is 0 Å². The summed E-state index contributed by atoms with van der Waals surface area (Å²) in [6, 6.07) is 14.3. The van der Waals surface area contributed by atoms with Crippen LogP contribution in [-0.4, -0.2) is 14.2 Å². The fourth-order valence-corrected chi connectivity index (χ4v) is 3.91. The smallest absolute Gasteiger partial charge is 0.236 e. The Morgan fingerprint density at radius 1 is 1.10 bits per heavy atom. The molecule has 2 rings (SSSR count). The first-order chi connectivity index (χ1) is 10.00. The zero-order valence-electron chi connectivity index (χ0n) is 11.7. The summed E-state index contributed by atoms with van der Waals surface area (Å²) in [4.78, 5) is 0.931. The van der Waals surface area contributed by atoms with Crippen molar-refractivity contribution in [2.45, 2.75) is 17.6 Å². The van der Waals surface area contributed by atoms with E-state index in [-0.39, 0.29) is 5.75 Å². The second-order valence-corrected chi connectivity index (χ2v) is 7.56. The average molecular weight is 322 g/mol. The second kappa shape index (κ2) is 6.87. The normalized spacial score (nSPS) is 11.3. The molecule has 0 atom stereocenters. The Hall–Kier alpha value is -1.66. The Balaban J connectivity index is 2.16. The molecule has 0 spiro atoms. The Bertz CT molecular complexity index is 698. The third kappa shape index (κ3) is 4.68. The van der Waals surface area contributed by atoms with E-state index in [0.29, 0.717) is 16.9 Å². The number of nitrogen functional groups attached to an aromatic ring is 1. The molecule has 21 heavy (non-hydrogen) atoms. The minimum atomic E-state index is -3.45. The third-order valence-corrected chi connectivity index (χ3v) is 4.99. The summed E-state index contributed by atoms with van der Waals surface area (Å²) in [6.07, 6.45) is 0. The molecule has 0 aromatic heterocycles. The SMILES string of the molecule is CCSc1ccccc1NS(=O)(=O)Cc1ccc(N)cc1. The van der Waals surface area contributed by atoms with Gasteiger partial charge in [0.05, 0.1) is 11.4 Å². The number of nitrogens with one attached hydrogen (secondary N) is 1. The van der Waals surface area contributed by atoms with Gasteiger partial charge < -0.3 is 5.73 Å². The number of anilines is 2. The molecular formula is C15H18N2O2S2. The summed E-state index contributed by atoms with van der Waals surface area (Å²) >= 11 is 1.61. The molecule has 2 aromatic carbocycles. The van der Waals surface area contributed by atoms with Crippen LogP contribution < -0.4 is 10.5 Å². The Kier molecular flexibility index (Phi) is 5.14. The van der Waals surface area contributed by atoms with Crippen LogP contribution in [0, 0.1) is 0 Å². The second-order valence-electron chi connectivity index (χ2n) is 4.53. The van der Waals surface area contributed by atoms with Crippen molar-refractivity contribution in [3.63, 3.8) is 0 Å². The van der Waals surface area contributed by atoms with Gasteiger partial charge in [-0.2, -0.15) is 0 Å². The molecule has 0 saturated heterocycles. The molecule has 2 aromatic rings. The lowest BCUT2D eigenvalue weighted by molar-refractivity contribution is 0.600. The van der Waals surface area contributed by atoms with Crippen LogP contribution in [0.4, 0.5) is 11.4 Å². The zero-order valence-corrected chi connectivity index (χ0v) is 13.4. The van der Waals surface area contributed by atoms with Crippen LogP contribution in [0.5, 0.6) is 0 Å². The predicted molar refractivity (Wildman–Crippen MR) is 89.9 cm³/mol.